The molecule has 0 saturated carbocycles. The summed E-state index contributed by atoms with van der Waals surface area (Å²) in [4.78, 5) is 42.0. The Bertz CT molecular complexity index is 926. The molecule has 8 nitrogen and oxygen atoms in total. The van der Waals surface area contributed by atoms with Gasteiger partial charge in [-0.25, -0.2) is 0 Å². The van der Waals surface area contributed by atoms with E-state index in [0.717, 1.165) is 25.0 Å². The summed E-state index contributed by atoms with van der Waals surface area (Å²) >= 11 is 1.64. The maximum Gasteiger partial charge on any atom is 0.244 e. The van der Waals surface area contributed by atoms with Crippen molar-refractivity contribution in [2.45, 2.75) is 56.1 Å². The largest absolute Gasteiger partial charge is 0.494 e. The molecule has 3 fully saturated rings. The zero-order valence-corrected chi connectivity index (χ0v) is 20.9. The summed E-state index contributed by atoms with van der Waals surface area (Å²) < 4.78 is 4.81. The van der Waals surface area contributed by atoms with Crippen LogP contribution in [0.5, 0.6) is 5.75 Å². The number of unbranched alkanes of at least 4 members (excludes halogenated alkanes) is 1. The molecule has 0 radical (unpaired) electrons. The van der Waals surface area contributed by atoms with Crippen molar-refractivity contribution in [1.29, 1.82) is 0 Å². The van der Waals surface area contributed by atoms with Crippen LogP contribution in [-0.2, 0) is 14.4 Å². The number of anilines is 1. The van der Waals surface area contributed by atoms with Crippen LogP contribution in [-0.4, -0.2) is 70.1 Å². The summed E-state index contributed by atoms with van der Waals surface area (Å²) in [6.45, 7) is 7.04. The molecule has 2 bridgehead atoms. The molecule has 3 aliphatic heterocycles. The molecule has 3 saturated heterocycles. The van der Waals surface area contributed by atoms with Gasteiger partial charge in [-0.15, -0.1) is 11.8 Å². The van der Waals surface area contributed by atoms with Gasteiger partial charge in [0.15, 0.2) is 0 Å². The Morgan fingerprint density at radius 2 is 1.97 bits per heavy atom. The number of carbonyl (C=O) groups excluding carboxylic acids is 3. The molecule has 186 valence electrons. The first-order chi connectivity index (χ1) is 16.4. The van der Waals surface area contributed by atoms with Gasteiger partial charge < -0.3 is 25.4 Å². The minimum Gasteiger partial charge on any atom is -0.494 e. The lowest BCUT2D eigenvalue weighted by Gasteiger charge is -2.38. The minimum atomic E-state index is -0.678. The third-order valence-electron chi connectivity index (χ3n) is 7.40. The van der Waals surface area contributed by atoms with E-state index in [4.69, 9.17) is 4.74 Å². The topological polar surface area (TPSA) is 108 Å². The highest BCUT2D eigenvalue weighted by molar-refractivity contribution is 8.02. The molecular formula is C25H35N3O5S. The number of amides is 3. The molecule has 0 aliphatic carbocycles. The van der Waals surface area contributed by atoms with Gasteiger partial charge in [-0.05, 0) is 49.9 Å². The van der Waals surface area contributed by atoms with Crippen LogP contribution < -0.4 is 15.4 Å². The number of aliphatic hydroxyl groups is 1. The Morgan fingerprint density at radius 1 is 1.24 bits per heavy atom. The number of hydrogen-bond acceptors (Lipinski definition) is 6. The van der Waals surface area contributed by atoms with E-state index in [1.807, 2.05) is 6.92 Å². The van der Waals surface area contributed by atoms with Crippen molar-refractivity contribution in [2.75, 3.05) is 31.6 Å². The smallest absolute Gasteiger partial charge is 0.244 e. The number of ether oxygens (including phenoxy) is 1. The highest BCUT2D eigenvalue weighted by Crippen LogP contribution is 2.68. The Balaban J connectivity index is 1.60. The maximum atomic E-state index is 13.7. The standard InChI is InChI=1S/C25H35N3O5S/c1-4-6-11-26-23(31)21-25-15(3)14-18(34-25)19(20(25)24(32)28(21)12-13-29)22(30)27-16-7-9-17(10-8-16)33-5-2/h7-10,15,18-21,29H,4-6,11-14H2,1-3H3,(H,26,31)(H,27,30)/t15?,18-,19+,20-,21?,25?/m0/s1. The lowest BCUT2D eigenvalue weighted by molar-refractivity contribution is -0.139. The van der Waals surface area contributed by atoms with E-state index < -0.39 is 22.6 Å². The van der Waals surface area contributed by atoms with Crippen molar-refractivity contribution < 1.29 is 24.2 Å². The van der Waals surface area contributed by atoms with Gasteiger partial charge in [0.1, 0.15) is 11.8 Å². The van der Waals surface area contributed by atoms with Crippen molar-refractivity contribution >= 4 is 35.2 Å². The van der Waals surface area contributed by atoms with Gasteiger partial charge in [0.25, 0.3) is 0 Å². The number of β-amino-alcohol motifs (C(OH)–C–C–N with tert-alkyl or cyclic N) is 1. The van der Waals surface area contributed by atoms with E-state index in [1.165, 1.54) is 4.90 Å². The average Bonchev–Trinajstić information content (AvgIpc) is 3.40. The predicted molar refractivity (Wildman–Crippen MR) is 132 cm³/mol. The average molecular weight is 490 g/mol. The van der Waals surface area contributed by atoms with Crippen LogP contribution in [0.3, 0.4) is 0 Å². The fourth-order valence-electron chi connectivity index (χ4n) is 5.98. The third-order valence-corrected chi connectivity index (χ3v) is 9.48. The highest BCUT2D eigenvalue weighted by Gasteiger charge is 2.75. The lowest BCUT2D eigenvalue weighted by atomic mass is 9.66. The summed E-state index contributed by atoms with van der Waals surface area (Å²) in [5.41, 5.74) is 0.648. The second-order valence-electron chi connectivity index (χ2n) is 9.40. The second-order valence-corrected chi connectivity index (χ2v) is 10.9. The van der Waals surface area contributed by atoms with Gasteiger partial charge in [-0.2, -0.15) is 0 Å². The Kier molecular flexibility index (Phi) is 7.42. The molecule has 4 rings (SSSR count). The molecule has 3 unspecified atom stereocenters. The number of thioether (sulfide) groups is 1. The van der Waals surface area contributed by atoms with E-state index in [-0.39, 0.29) is 42.0 Å². The SMILES string of the molecule is CCCCNC(=O)C1N(CCO)C(=O)[C@@H]2[C@H](C(=O)Nc3ccc(OCC)cc3)[C@@H]3CC(C)C12S3. The van der Waals surface area contributed by atoms with Crippen LogP contribution in [0.2, 0.25) is 0 Å². The van der Waals surface area contributed by atoms with Crippen LogP contribution in [0.1, 0.15) is 40.0 Å². The number of carbonyl (C=O) groups is 3. The molecule has 9 heteroatoms. The van der Waals surface area contributed by atoms with Crippen molar-refractivity contribution in [3.05, 3.63) is 24.3 Å². The van der Waals surface area contributed by atoms with Gasteiger partial charge in [-0.1, -0.05) is 20.3 Å². The predicted octanol–water partition coefficient (Wildman–Crippen LogP) is 2.27. The summed E-state index contributed by atoms with van der Waals surface area (Å²) in [6.07, 6.45) is 2.60. The first kappa shape index (κ1) is 24.9. The fourth-order valence-corrected chi connectivity index (χ4v) is 8.40. The van der Waals surface area contributed by atoms with E-state index in [9.17, 15) is 19.5 Å². The molecule has 1 spiro atoms. The van der Waals surface area contributed by atoms with Gasteiger partial charge >= 0.3 is 0 Å². The van der Waals surface area contributed by atoms with Crippen molar-refractivity contribution in [2.24, 2.45) is 17.8 Å². The fraction of sp³-hybridized carbons (Fsp3) is 0.640. The molecule has 6 atom stereocenters. The molecule has 3 heterocycles. The number of fused-ring (bicyclic) bond motifs is 1. The van der Waals surface area contributed by atoms with Crippen molar-refractivity contribution in [1.82, 2.24) is 10.2 Å². The summed E-state index contributed by atoms with van der Waals surface area (Å²) in [5, 5.41) is 15.6. The number of nitrogens with zero attached hydrogens (tertiary/aromatic N) is 1. The number of likely N-dealkylation sites (tertiary alicyclic amines) is 1. The Morgan fingerprint density at radius 3 is 2.62 bits per heavy atom. The van der Waals surface area contributed by atoms with Crippen LogP contribution in [0.25, 0.3) is 0 Å². The first-order valence-electron chi connectivity index (χ1n) is 12.3. The quantitative estimate of drug-likeness (QED) is 0.435. The summed E-state index contributed by atoms with van der Waals surface area (Å²) in [6, 6.07) is 6.51. The molecular weight excluding hydrogens is 454 g/mol. The Labute approximate surface area is 205 Å². The number of aliphatic hydroxyl groups excluding tert-OH is 1. The Hall–Kier alpha value is -2.26. The zero-order chi connectivity index (χ0) is 24.5. The van der Waals surface area contributed by atoms with Gasteiger partial charge in [-0.3, -0.25) is 14.4 Å². The maximum absolute atomic E-state index is 13.7. The normalized spacial score (nSPS) is 31.5. The molecule has 0 aromatic heterocycles. The summed E-state index contributed by atoms with van der Waals surface area (Å²) in [7, 11) is 0. The van der Waals surface area contributed by atoms with E-state index in [2.05, 4.69) is 24.5 Å². The molecule has 3 aliphatic rings. The van der Waals surface area contributed by atoms with Crippen LogP contribution in [0.15, 0.2) is 24.3 Å². The molecule has 34 heavy (non-hydrogen) atoms. The van der Waals surface area contributed by atoms with Gasteiger partial charge in [0.05, 0.1) is 29.8 Å². The number of nitrogens with one attached hydrogen (secondary N) is 2. The second kappa shape index (κ2) is 10.2. The third kappa shape index (κ3) is 4.06. The molecule has 1 aromatic rings. The van der Waals surface area contributed by atoms with E-state index >= 15 is 0 Å². The van der Waals surface area contributed by atoms with Gasteiger partial charge in [0, 0.05) is 24.0 Å². The first-order valence-corrected chi connectivity index (χ1v) is 13.2. The number of rotatable bonds is 10. The van der Waals surface area contributed by atoms with Crippen molar-refractivity contribution in [3.8, 4) is 5.75 Å². The van der Waals surface area contributed by atoms with Crippen LogP contribution in [0.4, 0.5) is 5.69 Å². The lowest BCUT2D eigenvalue weighted by Crippen LogP contribution is -2.56. The molecule has 1 aromatic carbocycles. The van der Waals surface area contributed by atoms with Crippen LogP contribution >= 0.6 is 11.8 Å². The van der Waals surface area contributed by atoms with Gasteiger partial charge in [0.2, 0.25) is 17.7 Å². The minimum absolute atomic E-state index is 0.0196. The van der Waals surface area contributed by atoms with Crippen LogP contribution in [0, 0.1) is 17.8 Å². The highest BCUT2D eigenvalue weighted by atomic mass is 32.2. The number of hydrogen-bond donors (Lipinski definition) is 3. The monoisotopic (exact) mass is 489 g/mol. The summed E-state index contributed by atoms with van der Waals surface area (Å²) in [5.74, 6) is -0.826. The van der Waals surface area contributed by atoms with E-state index in [1.54, 1.807) is 36.0 Å². The van der Waals surface area contributed by atoms with E-state index in [0.29, 0.717) is 18.8 Å². The number of benzene rings is 1. The molecule has 3 amide bonds. The zero-order valence-electron chi connectivity index (χ0n) is 20.1. The van der Waals surface area contributed by atoms with Crippen molar-refractivity contribution in [3.63, 3.8) is 0 Å². The molecule has 3 N–H and O–H groups in total.